The van der Waals surface area contributed by atoms with Crippen molar-refractivity contribution in [1.82, 2.24) is 0 Å². The predicted octanol–water partition coefficient (Wildman–Crippen LogP) is 2.78. The maximum atomic E-state index is 12.2. The van der Waals surface area contributed by atoms with E-state index < -0.39 is 0 Å². The SMILES string of the molecule is COc1ccc(C(=O)C2CCCS2)cc1OC. The van der Waals surface area contributed by atoms with Crippen molar-refractivity contribution >= 4 is 17.5 Å². The number of Topliss-reactive ketones (excluding diaryl/α,β-unsaturated/α-hetero) is 1. The van der Waals surface area contributed by atoms with Gasteiger partial charge in [-0.2, -0.15) is 11.8 Å². The summed E-state index contributed by atoms with van der Waals surface area (Å²) in [6, 6.07) is 5.36. The van der Waals surface area contributed by atoms with Crippen LogP contribution in [-0.2, 0) is 0 Å². The van der Waals surface area contributed by atoms with Gasteiger partial charge in [-0.3, -0.25) is 4.79 Å². The second-order valence-corrected chi connectivity index (χ2v) is 5.25. The molecule has 3 nitrogen and oxygen atoms in total. The Hall–Kier alpha value is -1.16. The molecule has 92 valence electrons. The van der Waals surface area contributed by atoms with Gasteiger partial charge in [0.2, 0.25) is 0 Å². The third-order valence-corrected chi connectivity index (χ3v) is 4.27. The fourth-order valence-electron chi connectivity index (χ4n) is 1.96. The molecule has 0 aromatic heterocycles. The summed E-state index contributed by atoms with van der Waals surface area (Å²) in [7, 11) is 3.17. The smallest absolute Gasteiger partial charge is 0.175 e. The summed E-state index contributed by atoms with van der Waals surface area (Å²) in [6.45, 7) is 0. The maximum Gasteiger partial charge on any atom is 0.175 e. The zero-order valence-electron chi connectivity index (χ0n) is 10.1. The first-order valence-electron chi connectivity index (χ1n) is 5.64. The molecule has 1 aromatic carbocycles. The number of carbonyl (C=O) groups excluding carboxylic acids is 1. The number of hydrogen-bond donors (Lipinski definition) is 0. The highest BCUT2D eigenvalue weighted by atomic mass is 32.2. The maximum absolute atomic E-state index is 12.2. The van der Waals surface area contributed by atoms with Gasteiger partial charge in [-0.1, -0.05) is 0 Å². The lowest BCUT2D eigenvalue weighted by Gasteiger charge is -2.11. The quantitative estimate of drug-likeness (QED) is 0.772. The highest BCUT2D eigenvalue weighted by molar-refractivity contribution is 8.00. The Balaban J connectivity index is 2.23. The van der Waals surface area contributed by atoms with Crippen LogP contribution in [0.25, 0.3) is 0 Å². The van der Waals surface area contributed by atoms with E-state index in [-0.39, 0.29) is 11.0 Å². The van der Waals surface area contributed by atoms with Crippen molar-refractivity contribution in [3.8, 4) is 11.5 Å². The number of benzene rings is 1. The Morgan fingerprint density at radius 2 is 2.06 bits per heavy atom. The van der Waals surface area contributed by atoms with Crippen molar-refractivity contribution in [2.75, 3.05) is 20.0 Å². The van der Waals surface area contributed by atoms with E-state index >= 15 is 0 Å². The number of carbonyl (C=O) groups is 1. The molecule has 0 bridgehead atoms. The summed E-state index contributed by atoms with van der Waals surface area (Å²) in [5.41, 5.74) is 0.710. The van der Waals surface area contributed by atoms with E-state index in [9.17, 15) is 4.79 Å². The zero-order valence-corrected chi connectivity index (χ0v) is 10.9. The average Bonchev–Trinajstić information content (AvgIpc) is 2.90. The molecule has 1 aromatic rings. The van der Waals surface area contributed by atoms with Gasteiger partial charge in [0, 0.05) is 5.56 Å². The number of ketones is 1. The number of methoxy groups -OCH3 is 2. The highest BCUT2D eigenvalue weighted by Gasteiger charge is 2.25. The Kier molecular flexibility index (Phi) is 3.94. The molecule has 17 heavy (non-hydrogen) atoms. The molecule has 1 aliphatic rings. The molecule has 0 radical (unpaired) electrons. The van der Waals surface area contributed by atoms with Gasteiger partial charge in [0.05, 0.1) is 19.5 Å². The molecule has 1 fully saturated rings. The summed E-state index contributed by atoms with van der Waals surface area (Å²) >= 11 is 1.75. The van der Waals surface area contributed by atoms with Crippen molar-refractivity contribution < 1.29 is 14.3 Å². The average molecular weight is 252 g/mol. The lowest BCUT2D eigenvalue weighted by Crippen LogP contribution is -2.14. The standard InChI is InChI=1S/C13H16O3S/c1-15-10-6-5-9(8-11(10)16-2)13(14)12-4-3-7-17-12/h5-6,8,12H,3-4,7H2,1-2H3. The second-order valence-electron chi connectivity index (χ2n) is 3.94. The molecule has 1 heterocycles. The molecular formula is C13H16O3S. The second kappa shape index (κ2) is 5.45. The Morgan fingerprint density at radius 1 is 1.29 bits per heavy atom. The van der Waals surface area contributed by atoms with Crippen LogP contribution in [0.2, 0.25) is 0 Å². The molecule has 0 saturated carbocycles. The number of hydrogen-bond acceptors (Lipinski definition) is 4. The van der Waals surface area contributed by atoms with Crippen LogP contribution in [0.1, 0.15) is 23.2 Å². The van der Waals surface area contributed by atoms with Crippen molar-refractivity contribution in [2.24, 2.45) is 0 Å². The molecule has 0 spiro atoms. The van der Waals surface area contributed by atoms with Crippen LogP contribution in [0.4, 0.5) is 0 Å². The van der Waals surface area contributed by atoms with Crippen LogP contribution in [0.5, 0.6) is 11.5 Å². The third-order valence-electron chi connectivity index (χ3n) is 2.89. The van der Waals surface area contributed by atoms with E-state index in [1.807, 2.05) is 6.07 Å². The van der Waals surface area contributed by atoms with Gasteiger partial charge in [-0.15, -0.1) is 0 Å². The van der Waals surface area contributed by atoms with Crippen molar-refractivity contribution in [2.45, 2.75) is 18.1 Å². The Morgan fingerprint density at radius 3 is 2.65 bits per heavy atom. The molecular weight excluding hydrogens is 236 g/mol. The van der Waals surface area contributed by atoms with E-state index in [4.69, 9.17) is 9.47 Å². The normalized spacial score (nSPS) is 19.1. The molecule has 2 rings (SSSR count). The van der Waals surface area contributed by atoms with Crippen LogP contribution < -0.4 is 9.47 Å². The Labute approximate surface area is 105 Å². The van der Waals surface area contributed by atoms with E-state index in [1.54, 1.807) is 38.1 Å². The minimum atomic E-state index is 0.119. The van der Waals surface area contributed by atoms with Gasteiger partial charge in [-0.25, -0.2) is 0 Å². The molecule has 1 saturated heterocycles. The summed E-state index contributed by atoms with van der Waals surface area (Å²) < 4.78 is 10.4. The topological polar surface area (TPSA) is 35.5 Å². The van der Waals surface area contributed by atoms with Gasteiger partial charge in [0.25, 0.3) is 0 Å². The number of ether oxygens (including phenoxy) is 2. The monoisotopic (exact) mass is 252 g/mol. The van der Waals surface area contributed by atoms with Crippen LogP contribution in [0, 0.1) is 0 Å². The lowest BCUT2D eigenvalue weighted by atomic mass is 10.0. The molecule has 4 heteroatoms. The Bertz CT molecular complexity index is 411. The van der Waals surface area contributed by atoms with Crippen molar-refractivity contribution in [3.05, 3.63) is 23.8 Å². The minimum Gasteiger partial charge on any atom is -0.493 e. The first-order chi connectivity index (χ1) is 8.26. The molecule has 1 atom stereocenters. The summed E-state index contributed by atoms with van der Waals surface area (Å²) in [6.07, 6.45) is 2.12. The lowest BCUT2D eigenvalue weighted by molar-refractivity contribution is 0.0988. The minimum absolute atomic E-state index is 0.119. The summed E-state index contributed by atoms with van der Waals surface area (Å²) in [4.78, 5) is 12.2. The third kappa shape index (κ3) is 2.57. The summed E-state index contributed by atoms with van der Waals surface area (Å²) in [5, 5.41) is 0.119. The van der Waals surface area contributed by atoms with Crippen LogP contribution in [0.3, 0.4) is 0 Å². The van der Waals surface area contributed by atoms with Crippen LogP contribution in [0.15, 0.2) is 18.2 Å². The zero-order chi connectivity index (χ0) is 12.3. The highest BCUT2D eigenvalue weighted by Crippen LogP contribution is 2.32. The number of rotatable bonds is 4. The molecule has 0 aliphatic carbocycles. The molecule has 0 N–H and O–H groups in total. The molecule has 1 unspecified atom stereocenters. The van der Waals surface area contributed by atoms with E-state index in [0.29, 0.717) is 17.1 Å². The van der Waals surface area contributed by atoms with Crippen LogP contribution in [-0.4, -0.2) is 31.0 Å². The van der Waals surface area contributed by atoms with Gasteiger partial charge in [0.1, 0.15) is 0 Å². The largest absolute Gasteiger partial charge is 0.493 e. The first-order valence-corrected chi connectivity index (χ1v) is 6.69. The van der Waals surface area contributed by atoms with E-state index in [1.165, 1.54) is 0 Å². The number of thioether (sulfide) groups is 1. The van der Waals surface area contributed by atoms with Gasteiger partial charge in [0.15, 0.2) is 17.3 Å². The summed E-state index contributed by atoms with van der Waals surface area (Å²) in [5.74, 6) is 2.56. The molecule has 1 aliphatic heterocycles. The fraction of sp³-hybridized carbons (Fsp3) is 0.462. The van der Waals surface area contributed by atoms with Crippen molar-refractivity contribution in [3.63, 3.8) is 0 Å². The van der Waals surface area contributed by atoms with Gasteiger partial charge in [-0.05, 0) is 36.8 Å². The molecule has 0 amide bonds. The van der Waals surface area contributed by atoms with Gasteiger partial charge < -0.3 is 9.47 Å². The van der Waals surface area contributed by atoms with Gasteiger partial charge >= 0.3 is 0 Å². The fourth-order valence-corrected chi connectivity index (χ4v) is 3.20. The predicted molar refractivity (Wildman–Crippen MR) is 69.4 cm³/mol. The van der Waals surface area contributed by atoms with Crippen LogP contribution >= 0.6 is 11.8 Å². The van der Waals surface area contributed by atoms with Crippen molar-refractivity contribution in [1.29, 1.82) is 0 Å². The van der Waals surface area contributed by atoms with E-state index in [2.05, 4.69) is 0 Å². The first kappa shape index (κ1) is 12.3. The van der Waals surface area contributed by atoms with E-state index in [0.717, 1.165) is 18.6 Å².